The Kier molecular flexibility index (Phi) is 4.59. The molecule has 2 N–H and O–H groups in total. The van der Waals surface area contributed by atoms with E-state index < -0.39 is 5.54 Å². The Hall–Kier alpha value is -1.22. The van der Waals surface area contributed by atoms with Gasteiger partial charge in [-0.15, -0.1) is 0 Å². The van der Waals surface area contributed by atoms with Crippen LogP contribution in [0.15, 0.2) is 42.5 Å². The number of halogens is 2. The van der Waals surface area contributed by atoms with E-state index in [1.165, 1.54) is 0 Å². The molecule has 2 aromatic carbocycles. The zero-order valence-electron chi connectivity index (χ0n) is 11.5. The third-order valence-corrected chi connectivity index (χ3v) is 4.12. The Bertz CT molecular complexity index is 615. The molecule has 2 nitrogen and oxygen atoms in total. The minimum Gasteiger partial charge on any atom is -0.394 e. The molecule has 0 radical (unpaired) electrons. The van der Waals surface area contributed by atoms with Crippen LogP contribution in [0.4, 0.5) is 5.69 Å². The zero-order chi connectivity index (χ0) is 14.8. The first-order valence-electron chi connectivity index (χ1n) is 6.36. The van der Waals surface area contributed by atoms with Crippen molar-refractivity contribution >= 4 is 28.9 Å². The molecule has 0 bridgehead atoms. The molecular weight excluding hydrogens is 293 g/mol. The summed E-state index contributed by atoms with van der Waals surface area (Å²) in [7, 11) is 0. The monoisotopic (exact) mass is 309 g/mol. The standard InChI is InChI=1S/C16H17Cl2NO/c1-11-5-3-6-12(9-11)19-16(2,10-20)13-7-4-8-14(17)15(13)18/h3-9,19-20H,10H2,1-2H3. The summed E-state index contributed by atoms with van der Waals surface area (Å²) in [5, 5.41) is 14.1. The molecule has 0 aliphatic heterocycles. The van der Waals surface area contributed by atoms with Crippen LogP contribution in [0.5, 0.6) is 0 Å². The lowest BCUT2D eigenvalue weighted by molar-refractivity contribution is 0.224. The van der Waals surface area contributed by atoms with E-state index in [2.05, 4.69) is 5.32 Å². The van der Waals surface area contributed by atoms with Gasteiger partial charge in [-0.1, -0.05) is 47.5 Å². The summed E-state index contributed by atoms with van der Waals surface area (Å²) in [5.74, 6) is 0. The van der Waals surface area contributed by atoms with Gasteiger partial charge in [-0.05, 0) is 43.2 Å². The van der Waals surface area contributed by atoms with E-state index in [9.17, 15) is 5.11 Å². The van der Waals surface area contributed by atoms with Crippen molar-refractivity contribution in [2.24, 2.45) is 0 Å². The second-order valence-corrected chi connectivity index (χ2v) is 5.87. The maximum atomic E-state index is 9.82. The van der Waals surface area contributed by atoms with Gasteiger partial charge in [0.05, 0.1) is 22.2 Å². The summed E-state index contributed by atoms with van der Waals surface area (Å²) in [4.78, 5) is 0. The number of benzene rings is 2. The van der Waals surface area contributed by atoms with Crippen molar-refractivity contribution in [1.82, 2.24) is 0 Å². The number of aliphatic hydroxyl groups is 1. The molecule has 0 aliphatic carbocycles. The molecule has 4 heteroatoms. The van der Waals surface area contributed by atoms with Crippen LogP contribution in [0.3, 0.4) is 0 Å². The van der Waals surface area contributed by atoms with Gasteiger partial charge in [-0.3, -0.25) is 0 Å². The van der Waals surface area contributed by atoms with Crippen molar-refractivity contribution in [2.45, 2.75) is 19.4 Å². The molecule has 0 fully saturated rings. The van der Waals surface area contributed by atoms with Gasteiger partial charge in [0, 0.05) is 5.69 Å². The average Bonchev–Trinajstić information content (AvgIpc) is 2.41. The summed E-state index contributed by atoms with van der Waals surface area (Å²) >= 11 is 12.3. The van der Waals surface area contributed by atoms with Crippen molar-refractivity contribution < 1.29 is 5.11 Å². The normalized spacial score (nSPS) is 13.8. The van der Waals surface area contributed by atoms with Crippen LogP contribution in [0, 0.1) is 6.92 Å². The van der Waals surface area contributed by atoms with Crippen molar-refractivity contribution in [3.8, 4) is 0 Å². The second kappa shape index (κ2) is 6.04. The molecule has 0 heterocycles. The van der Waals surface area contributed by atoms with Gasteiger partial charge >= 0.3 is 0 Å². The molecular formula is C16H17Cl2NO. The fraction of sp³-hybridized carbons (Fsp3) is 0.250. The Morgan fingerprint density at radius 1 is 1.15 bits per heavy atom. The van der Waals surface area contributed by atoms with Gasteiger partial charge in [0.2, 0.25) is 0 Å². The van der Waals surface area contributed by atoms with E-state index in [-0.39, 0.29) is 6.61 Å². The molecule has 0 saturated carbocycles. The summed E-state index contributed by atoms with van der Waals surface area (Å²) in [6.07, 6.45) is 0. The number of hydrogen-bond acceptors (Lipinski definition) is 2. The number of anilines is 1. The van der Waals surface area contributed by atoms with Gasteiger partial charge in [0.25, 0.3) is 0 Å². The second-order valence-electron chi connectivity index (χ2n) is 5.09. The number of aliphatic hydroxyl groups excluding tert-OH is 1. The minimum atomic E-state index is -0.699. The smallest absolute Gasteiger partial charge is 0.0843 e. The lowest BCUT2D eigenvalue weighted by Gasteiger charge is -2.31. The average molecular weight is 310 g/mol. The van der Waals surface area contributed by atoms with E-state index in [1.54, 1.807) is 6.07 Å². The molecule has 1 atom stereocenters. The third-order valence-electron chi connectivity index (χ3n) is 3.30. The van der Waals surface area contributed by atoms with E-state index in [4.69, 9.17) is 23.2 Å². The van der Waals surface area contributed by atoms with Crippen LogP contribution in [-0.2, 0) is 5.54 Å². The Balaban J connectivity index is 2.41. The van der Waals surface area contributed by atoms with Crippen molar-refractivity contribution in [3.05, 3.63) is 63.6 Å². The highest BCUT2D eigenvalue weighted by molar-refractivity contribution is 6.42. The van der Waals surface area contributed by atoms with Crippen molar-refractivity contribution in [1.29, 1.82) is 0 Å². The number of hydrogen-bond donors (Lipinski definition) is 2. The SMILES string of the molecule is Cc1cccc(NC(C)(CO)c2cccc(Cl)c2Cl)c1. The fourth-order valence-electron chi connectivity index (χ4n) is 2.16. The molecule has 0 aromatic heterocycles. The largest absolute Gasteiger partial charge is 0.394 e. The number of nitrogens with one attached hydrogen (secondary N) is 1. The van der Waals surface area contributed by atoms with Gasteiger partial charge < -0.3 is 10.4 Å². The third kappa shape index (κ3) is 3.09. The van der Waals surface area contributed by atoms with E-state index in [0.29, 0.717) is 10.0 Å². The predicted octanol–water partition coefficient (Wildman–Crippen LogP) is 4.62. The molecule has 0 spiro atoms. The summed E-state index contributed by atoms with van der Waals surface area (Å²) in [6, 6.07) is 13.4. The lowest BCUT2D eigenvalue weighted by atomic mass is 9.92. The highest BCUT2D eigenvalue weighted by atomic mass is 35.5. The highest BCUT2D eigenvalue weighted by Gasteiger charge is 2.28. The first kappa shape index (κ1) is 15.2. The topological polar surface area (TPSA) is 32.3 Å². The number of aryl methyl sites for hydroxylation is 1. The fourth-order valence-corrected chi connectivity index (χ4v) is 2.67. The quantitative estimate of drug-likeness (QED) is 0.863. The summed E-state index contributed by atoms with van der Waals surface area (Å²) in [5.41, 5.74) is 2.15. The van der Waals surface area contributed by atoms with Gasteiger partial charge in [-0.25, -0.2) is 0 Å². The van der Waals surface area contributed by atoms with E-state index >= 15 is 0 Å². The highest BCUT2D eigenvalue weighted by Crippen LogP contribution is 2.35. The molecule has 1 unspecified atom stereocenters. The molecule has 2 aromatic rings. The van der Waals surface area contributed by atoms with Gasteiger partial charge in [-0.2, -0.15) is 0 Å². The number of rotatable bonds is 4. The molecule has 0 aliphatic rings. The Morgan fingerprint density at radius 3 is 2.50 bits per heavy atom. The molecule has 20 heavy (non-hydrogen) atoms. The molecule has 2 rings (SSSR count). The van der Waals surface area contributed by atoms with Gasteiger partial charge in [0.1, 0.15) is 0 Å². The zero-order valence-corrected chi connectivity index (χ0v) is 13.0. The van der Waals surface area contributed by atoms with Crippen LogP contribution >= 0.6 is 23.2 Å². The summed E-state index contributed by atoms with van der Waals surface area (Å²) < 4.78 is 0. The van der Waals surface area contributed by atoms with Crippen LogP contribution < -0.4 is 5.32 Å². The van der Waals surface area contributed by atoms with Crippen molar-refractivity contribution in [2.75, 3.05) is 11.9 Å². The molecule has 0 saturated heterocycles. The Morgan fingerprint density at radius 2 is 1.85 bits per heavy atom. The molecule has 0 amide bonds. The lowest BCUT2D eigenvalue weighted by Crippen LogP contribution is -2.36. The van der Waals surface area contributed by atoms with Crippen molar-refractivity contribution in [3.63, 3.8) is 0 Å². The molecule has 106 valence electrons. The van der Waals surface area contributed by atoms with Crippen LogP contribution in [0.2, 0.25) is 10.0 Å². The maximum absolute atomic E-state index is 9.82. The Labute approximate surface area is 129 Å². The van der Waals surface area contributed by atoms with E-state index in [0.717, 1.165) is 16.8 Å². The van der Waals surface area contributed by atoms with Crippen LogP contribution in [-0.4, -0.2) is 11.7 Å². The van der Waals surface area contributed by atoms with E-state index in [1.807, 2.05) is 50.2 Å². The van der Waals surface area contributed by atoms with Crippen LogP contribution in [0.1, 0.15) is 18.1 Å². The maximum Gasteiger partial charge on any atom is 0.0843 e. The predicted molar refractivity (Wildman–Crippen MR) is 85.7 cm³/mol. The first-order chi connectivity index (χ1) is 9.46. The minimum absolute atomic E-state index is 0.0962. The van der Waals surface area contributed by atoms with Gasteiger partial charge in [0.15, 0.2) is 0 Å². The first-order valence-corrected chi connectivity index (χ1v) is 7.12. The summed E-state index contributed by atoms with van der Waals surface area (Å²) in [6.45, 7) is 3.82. The van der Waals surface area contributed by atoms with Crippen LogP contribution in [0.25, 0.3) is 0 Å².